The van der Waals surface area contributed by atoms with Crippen LogP contribution >= 0.6 is 0 Å². The summed E-state index contributed by atoms with van der Waals surface area (Å²) in [4.78, 5) is 26.4. The van der Waals surface area contributed by atoms with Crippen LogP contribution in [0.5, 0.6) is 0 Å². The number of furan rings is 1. The SMILES string of the molecule is O=C(O)c1ccc(N=Cc2cn(Cc3ccc(C(=O)O)o3)c3ccccc23)cc1. The van der Waals surface area contributed by atoms with Gasteiger partial charge in [0, 0.05) is 28.9 Å². The second kappa shape index (κ2) is 7.47. The Labute approximate surface area is 165 Å². The topological polar surface area (TPSA) is 105 Å². The maximum atomic E-state index is 11.0. The Balaban J connectivity index is 1.64. The summed E-state index contributed by atoms with van der Waals surface area (Å²) in [6, 6.07) is 17.2. The van der Waals surface area contributed by atoms with Crippen molar-refractivity contribution < 1.29 is 24.2 Å². The Bertz CT molecular complexity index is 1230. The Morgan fingerprint density at radius 2 is 1.72 bits per heavy atom. The summed E-state index contributed by atoms with van der Waals surface area (Å²) >= 11 is 0. The van der Waals surface area contributed by atoms with Gasteiger partial charge in [-0.25, -0.2) is 9.59 Å². The smallest absolute Gasteiger partial charge is 0.371 e. The molecule has 2 heterocycles. The van der Waals surface area contributed by atoms with E-state index >= 15 is 0 Å². The van der Waals surface area contributed by atoms with Crippen molar-refractivity contribution in [1.82, 2.24) is 4.57 Å². The normalized spacial score (nSPS) is 11.3. The molecule has 0 aliphatic heterocycles. The molecule has 0 unspecified atom stereocenters. The third-order valence-corrected chi connectivity index (χ3v) is 4.48. The second-order valence-electron chi connectivity index (χ2n) is 6.41. The molecule has 4 rings (SSSR count). The number of fused-ring (bicyclic) bond motifs is 1. The van der Waals surface area contributed by atoms with E-state index in [1.54, 1.807) is 24.4 Å². The van der Waals surface area contributed by atoms with Gasteiger partial charge in [-0.1, -0.05) is 18.2 Å². The van der Waals surface area contributed by atoms with Gasteiger partial charge in [0.1, 0.15) is 5.76 Å². The molecule has 7 nitrogen and oxygen atoms in total. The van der Waals surface area contributed by atoms with Gasteiger partial charge in [0.2, 0.25) is 5.76 Å². The molecular weight excluding hydrogens is 372 g/mol. The van der Waals surface area contributed by atoms with Gasteiger partial charge >= 0.3 is 11.9 Å². The van der Waals surface area contributed by atoms with Crippen molar-refractivity contribution in [3.63, 3.8) is 0 Å². The number of carboxylic acids is 2. The monoisotopic (exact) mass is 388 g/mol. The average molecular weight is 388 g/mol. The predicted molar refractivity (Wildman–Crippen MR) is 107 cm³/mol. The molecule has 0 saturated heterocycles. The van der Waals surface area contributed by atoms with Gasteiger partial charge in [-0.15, -0.1) is 0 Å². The number of carbonyl (C=O) groups is 2. The van der Waals surface area contributed by atoms with Gasteiger partial charge in [-0.2, -0.15) is 0 Å². The highest BCUT2D eigenvalue weighted by atomic mass is 16.4. The predicted octanol–water partition coefficient (Wildman–Crippen LogP) is 4.43. The van der Waals surface area contributed by atoms with Gasteiger partial charge in [0.05, 0.1) is 17.8 Å². The molecule has 0 aliphatic rings. The molecule has 4 aromatic rings. The first-order chi connectivity index (χ1) is 14.0. The molecule has 0 saturated carbocycles. The van der Waals surface area contributed by atoms with Gasteiger partial charge in [0.25, 0.3) is 0 Å². The van der Waals surface area contributed by atoms with Crippen LogP contribution in [0, 0.1) is 0 Å². The second-order valence-corrected chi connectivity index (χ2v) is 6.41. The lowest BCUT2D eigenvalue weighted by atomic mass is 10.2. The van der Waals surface area contributed by atoms with Crippen molar-refractivity contribution in [3.05, 3.63) is 89.5 Å². The van der Waals surface area contributed by atoms with E-state index in [0.717, 1.165) is 16.5 Å². The van der Waals surface area contributed by atoms with Crippen molar-refractivity contribution in [2.75, 3.05) is 0 Å². The number of nitrogens with zero attached hydrogens (tertiary/aromatic N) is 2. The van der Waals surface area contributed by atoms with E-state index in [2.05, 4.69) is 4.99 Å². The van der Waals surface area contributed by atoms with E-state index in [1.807, 2.05) is 35.0 Å². The standard InChI is InChI=1S/C22H16N2O5/c25-21(26)14-5-7-16(8-6-14)23-11-15-12-24(19-4-2-1-3-18(15)19)13-17-9-10-20(29-17)22(27)28/h1-12H,13H2,(H,25,26)(H,27,28). The molecule has 0 aliphatic carbocycles. The minimum atomic E-state index is -1.10. The average Bonchev–Trinajstić information content (AvgIpc) is 3.32. The number of para-hydroxylation sites is 1. The van der Waals surface area contributed by atoms with Crippen LogP contribution in [0.1, 0.15) is 32.2 Å². The summed E-state index contributed by atoms with van der Waals surface area (Å²) in [6.07, 6.45) is 3.64. The van der Waals surface area contributed by atoms with Crippen LogP contribution in [0.4, 0.5) is 5.69 Å². The fraction of sp³-hybridized carbons (Fsp3) is 0.0455. The first kappa shape index (κ1) is 18.2. The summed E-state index contributed by atoms with van der Waals surface area (Å²) in [7, 11) is 0. The van der Waals surface area contributed by atoms with E-state index in [0.29, 0.717) is 18.0 Å². The fourth-order valence-corrected chi connectivity index (χ4v) is 3.09. The summed E-state index contributed by atoms with van der Waals surface area (Å²) in [5, 5.41) is 19.0. The molecule has 2 aromatic carbocycles. The number of rotatable bonds is 6. The van der Waals surface area contributed by atoms with Crippen molar-refractivity contribution >= 4 is 34.7 Å². The molecule has 0 atom stereocenters. The van der Waals surface area contributed by atoms with Gasteiger partial charge in [-0.3, -0.25) is 4.99 Å². The first-order valence-electron chi connectivity index (χ1n) is 8.78. The zero-order chi connectivity index (χ0) is 20.4. The van der Waals surface area contributed by atoms with Gasteiger partial charge in [-0.05, 0) is 42.5 Å². The van der Waals surface area contributed by atoms with E-state index in [-0.39, 0.29) is 11.3 Å². The quantitative estimate of drug-likeness (QED) is 0.476. The molecule has 0 amide bonds. The fourth-order valence-electron chi connectivity index (χ4n) is 3.09. The van der Waals surface area contributed by atoms with Gasteiger partial charge in [0.15, 0.2) is 0 Å². The van der Waals surface area contributed by atoms with Crippen molar-refractivity contribution in [3.8, 4) is 0 Å². The van der Waals surface area contributed by atoms with Gasteiger partial charge < -0.3 is 19.2 Å². The number of aromatic nitrogens is 1. The third kappa shape index (κ3) is 3.79. The molecular formula is C22H16N2O5. The lowest BCUT2D eigenvalue weighted by Gasteiger charge is -2.02. The molecule has 7 heteroatoms. The van der Waals surface area contributed by atoms with E-state index < -0.39 is 11.9 Å². The number of aliphatic imine (C=N–C) groups is 1. The van der Waals surface area contributed by atoms with E-state index in [1.165, 1.54) is 18.2 Å². The summed E-state index contributed by atoms with van der Waals surface area (Å²) in [5.74, 6) is -1.64. The molecule has 2 N–H and O–H groups in total. The van der Waals surface area contributed by atoms with Crippen LogP contribution in [0.2, 0.25) is 0 Å². The zero-order valence-electron chi connectivity index (χ0n) is 15.1. The summed E-state index contributed by atoms with van der Waals surface area (Å²) in [6.45, 7) is 0.384. The lowest BCUT2D eigenvalue weighted by Crippen LogP contribution is -1.97. The van der Waals surface area contributed by atoms with E-state index in [9.17, 15) is 9.59 Å². The van der Waals surface area contributed by atoms with Crippen molar-refractivity contribution in [1.29, 1.82) is 0 Å². The highest BCUT2D eigenvalue weighted by molar-refractivity contribution is 6.00. The Kier molecular flexibility index (Phi) is 4.70. The Morgan fingerprint density at radius 1 is 0.966 bits per heavy atom. The molecule has 144 valence electrons. The number of aromatic carboxylic acids is 2. The molecule has 0 fully saturated rings. The molecule has 0 bridgehead atoms. The molecule has 0 radical (unpaired) electrons. The molecule has 0 spiro atoms. The van der Waals surface area contributed by atoms with Crippen LogP contribution in [0.15, 0.2) is 76.3 Å². The van der Waals surface area contributed by atoms with Crippen LogP contribution in [0.25, 0.3) is 10.9 Å². The van der Waals surface area contributed by atoms with Crippen LogP contribution in [-0.4, -0.2) is 32.9 Å². The Hall–Kier alpha value is -4.13. The number of benzene rings is 2. The first-order valence-corrected chi connectivity index (χ1v) is 8.78. The summed E-state index contributed by atoms with van der Waals surface area (Å²) < 4.78 is 7.33. The lowest BCUT2D eigenvalue weighted by molar-refractivity contribution is 0.0657. The summed E-state index contributed by atoms with van der Waals surface area (Å²) in [5.41, 5.74) is 2.69. The van der Waals surface area contributed by atoms with Crippen LogP contribution in [-0.2, 0) is 6.54 Å². The Morgan fingerprint density at radius 3 is 2.41 bits per heavy atom. The maximum Gasteiger partial charge on any atom is 0.371 e. The zero-order valence-corrected chi connectivity index (χ0v) is 15.1. The number of carboxylic acid groups (broad SMARTS) is 2. The molecule has 29 heavy (non-hydrogen) atoms. The minimum absolute atomic E-state index is 0.0944. The number of hydrogen-bond donors (Lipinski definition) is 2. The largest absolute Gasteiger partial charge is 0.478 e. The highest BCUT2D eigenvalue weighted by Gasteiger charge is 2.12. The van der Waals surface area contributed by atoms with Crippen LogP contribution < -0.4 is 0 Å². The third-order valence-electron chi connectivity index (χ3n) is 4.48. The maximum absolute atomic E-state index is 11.0. The van der Waals surface area contributed by atoms with Crippen LogP contribution in [0.3, 0.4) is 0 Å². The van der Waals surface area contributed by atoms with Crippen molar-refractivity contribution in [2.45, 2.75) is 6.54 Å². The molecule has 2 aromatic heterocycles. The van der Waals surface area contributed by atoms with E-state index in [4.69, 9.17) is 14.6 Å². The highest BCUT2D eigenvalue weighted by Crippen LogP contribution is 2.23. The number of hydrogen-bond acceptors (Lipinski definition) is 4. The minimum Gasteiger partial charge on any atom is -0.478 e. The van der Waals surface area contributed by atoms with Crippen molar-refractivity contribution in [2.24, 2.45) is 4.99 Å².